The molecule has 0 aliphatic heterocycles. The Bertz CT molecular complexity index is 548. The molecule has 2 heterocycles. The van der Waals surface area contributed by atoms with Crippen LogP contribution >= 0.6 is 11.3 Å². The van der Waals surface area contributed by atoms with Gasteiger partial charge in [0, 0.05) is 18.3 Å². The van der Waals surface area contributed by atoms with Gasteiger partial charge in [0.15, 0.2) is 0 Å². The molecule has 19 heavy (non-hydrogen) atoms. The molecule has 0 amide bonds. The first-order valence-electron chi connectivity index (χ1n) is 7.31. The van der Waals surface area contributed by atoms with Crippen molar-refractivity contribution in [3.8, 4) is 0 Å². The van der Waals surface area contributed by atoms with E-state index in [9.17, 15) is 0 Å². The second-order valence-corrected chi connectivity index (χ2v) is 6.88. The van der Waals surface area contributed by atoms with E-state index in [1.165, 1.54) is 35.9 Å². The van der Waals surface area contributed by atoms with Crippen LogP contribution in [-0.2, 0) is 0 Å². The molecule has 2 nitrogen and oxygen atoms in total. The van der Waals surface area contributed by atoms with Crippen molar-refractivity contribution < 1.29 is 0 Å². The summed E-state index contributed by atoms with van der Waals surface area (Å²) >= 11 is 1.78. The number of aromatic nitrogens is 1. The summed E-state index contributed by atoms with van der Waals surface area (Å²) in [5.74, 6) is 0.872. The van der Waals surface area contributed by atoms with Crippen molar-refractivity contribution in [2.45, 2.75) is 51.6 Å². The molecule has 1 saturated carbocycles. The summed E-state index contributed by atoms with van der Waals surface area (Å²) in [6.07, 6.45) is 7.43. The van der Waals surface area contributed by atoms with Crippen molar-refractivity contribution in [1.82, 2.24) is 10.3 Å². The Hall–Kier alpha value is -0.930. The molecule has 3 rings (SSSR count). The zero-order valence-electron chi connectivity index (χ0n) is 11.7. The minimum absolute atomic E-state index is 0.397. The third-order valence-corrected chi connectivity index (χ3v) is 5.10. The minimum Gasteiger partial charge on any atom is -0.307 e. The quantitative estimate of drug-likeness (QED) is 0.889. The average Bonchev–Trinajstić information content (AvgIpc) is 2.85. The zero-order valence-corrected chi connectivity index (χ0v) is 12.5. The lowest BCUT2D eigenvalue weighted by Crippen LogP contribution is -2.35. The van der Waals surface area contributed by atoms with Gasteiger partial charge in [0.25, 0.3) is 0 Å². The van der Waals surface area contributed by atoms with E-state index in [-0.39, 0.29) is 0 Å². The summed E-state index contributed by atoms with van der Waals surface area (Å²) in [7, 11) is 0. The second-order valence-electron chi connectivity index (χ2n) is 5.93. The molecule has 1 aliphatic carbocycles. The lowest BCUT2D eigenvalue weighted by Gasteiger charge is -2.30. The van der Waals surface area contributed by atoms with Crippen molar-refractivity contribution in [2.75, 3.05) is 0 Å². The fourth-order valence-corrected chi connectivity index (χ4v) is 3.92. The van der Waals surface area contributed by atoms with E-state index in [2.05, 4.69) is 41.7 Å². The summed E-state index contributed by atoms with van der Waals surface area (Å²) in [4.78, 5) is 4.54. The number of pyridine rings is 1. The van der Waals surface area contributed by atoms with E-state index in [0.717, 1.165) is 11.4 Å². The number of fused-ring (bicyclic) bond motifs is 1. The molecule has 2 aromatic rings. The first-order chi connectivity index (χ1) is 9.22. The van der Waals surface area contributed by atoms with E-state index in [4.69, 9.17) is 0 Å². The highest BCUT2D eigenvalue weighted by Crippen LogP contribution is 2.27. The SMILES string of the molecule is CC1CCCC(NC(C)c2cnc3ccsc3c2)C1. The maximum absolute atomic E-state index is 4.54. The molecule has 2 aromatic heterocycles. The Morgan fingerprint density at radius 3 is 3.16 bits per heavy atom. The average molecular weight is 274 g/mol. The zero-order chi connectivity index (χ0) is 13.2. The topological polar surface area (TPSA) is 24.9 Å². The summed E-state index contributed by atoms with van der Waals surface area (Å²) in [5.41, 5.74) is 2.43. The molecule has 3 heteroatoms. The van der Waals surface area contributed by atoms with Gasteiger partial charge in [-0.3, -0.25) is 4.98 Å². The number of nitrogens with one attached hydrogen (secondary N) is 1. The van der Waals surface area contributed by atoms with E-state index in [0.29, 0.717) is 12.1 Å². The van der Waals surface area contributed by atoms with Crippen LogP contribution in [0.2, 0.25) is 0 Å². The molecule has 3 atom stereocenters. The van der Waals surface area contributed by atoms with Gasteiger partial charge in [-0.05, 0) is 48.8 Å². The molecule has 0 radical (unpaired) electrons. The standard InChI is InChI=1S/C16H22N2S/c1-11-4-3-5-14(8-11)18-12(2)13-9-16-15(17-10-13)6-7-19-16/h6-7,9-12,14,18H,3-5,8H2,1-2H3. The van der Waals surface area contributed by atoms with Gasteiger partial charge in [-0.15, -0.1) is 11.3 Å². The Labute approximate surface area is 119 Å². The molecule has 0 saturated heterocycles. The highest BCUT2D eigenvalue weighted by molar-refractivity contribution is 7.17. The lowest BCUT2D eigenvalue weighted by atomic mass is 9.86. The second kappa shape index (κ2) is 5.59. The van der Waals surface area contributed by atoms with Crippen molar-refractivity contribution in [2.24, 2.45) is 5.92 Å². The minimum atomic E-state index is 0.397. The van der Waals surface area contributed by atoms with Gasteiger partial charge in [-0.25, -0.2) is 0 Å². The summed E-state index contributed by atoms with van der Waals surface area (Å²) in [5, 5.41) is 5.90. The normalized spacial score (nSPS) is 25.6. The monoisotopic (exact) mass is 274 g/mol. The van der Waals surface area contributed by atoms with Crippen LogP contribution in [-0.4, -0.2) is 11.0 Å². The third kappa shape index (κ3) is 2.98. The van der Waals surface area contributed by atoms with Crippen LogP contribution in [0.25, 0.3) is 10.2 Å². The van der Waals surface area contributed by atoms with Gasteiger partial charge in [0.2, 0.25) is 0 Å². The maximum atomic E-state index is 4.54. The molecular weight excluding hydrogens is 252 g/mol. The number of nitrogens with zero attached hydrogens (tertiary/aromatic N) is 1. The van der Waals surface area contributed by atoms with Gasteiger partial charge in [0.05, 0.1) is 10.2 Å². The van der Waals surface area contributed by atoms with Gasteiger partial charge in [-0.2, -0.15) is 0 Å². The van der Waals surface area contributed by atoms with Crippen molar-refractivity contribution in [3.63, 3.8) is 0 Å². The predicted molar refractivity (Wildman–Crippen MR) is 82.6 cm³/mol. The third-order valence-electron chi connectivity index (χ3n) is 4.25. The summed E-state index contributed by atoms with van der Waals surface area (Å²) in [6, 6.07) is 5.45. The Balaban J connectivity index is 1.70. The lowest BCUT2D eigenvalue weighted by molar-refractivity contribution is 0.285. The van der Waals surface area contributed by atoms with Crippen LogP contribution in [0.4, 0.5) is 0 Å². The Morgan fingerprint density at radius 2 is 2.32 bits per heavy atom. The van der Waals surface area contributed by atoms with E-state index < -0.39 is 0 Å². The maximum Gasteiger partial charge on any atom is 0.0809 e. The largest absolute Gasteiger partial charge is 0.307 e. The molecule has 1 fully saturated rings. The number of hydrogen-bond donors (Lipinski definition) is 1. The molecule has 0 aromatic carbocycles. The molecule has 0 spiro atoms. The molecule has 1 N–H and O–H groups in total. The van der Waals surface area contributed by atoms with Gasteiger partial charge < -0.3 is 5.32 Å². The number of thiophene rings is 1. The first kappa shape index (κ1) is 13.1. The van der Waals surface area contributed by atoms with Crippen LogP contribution in [0.1, 0.15) is 51.1 Å². The van der Waals surface area contributed by atoms with E-state index >= 15 is 0 Å². The molecule has 0 bridgehead atoms. The first-order valence-corrected chi connectivity index (χ1v) is 8.19. The van der Waals surface area contributed by atoms with Gasteiger partial charge >= 0.3 is 0 Å². The van der Waals surface area contributed by atoms with Gasteiger partial charge in [0.1, 0.15) is 0 Å². The number of rotatable bonds is 3. The van der Waals surface area contributed by atoms with Crippen LogP contribution in [0, 0.1) is 5.92 Å². The van der Waals surface area contributed by atoms with Crippen LogP contribution < -0.4 is 5.32 Å². The van der Waals surface area contributed by atoms with E-state index in [1.807, 2.05) is 6.20 Å². The number of hydrogen-bond acceptors (Lipinski definition) is 3. The molecule has 1 aliphatic rings. The fraction of sp³-hybridized carbons (Fsp3) is 0.562. The molecule has 3 unspecified atom stereocenters. The van der Waals surface area contributed by atoms with Gasteiger partial charge in [-0.1, -0.05) is 19.8 Å². The highest BCUT2D eigenvalue weighted by atomic mass is 32.1. The fourth-order valence-electron chi connectivity index (χ4n) is 3.13. The Kier molecular flexibility index (Phi) is 3.85. The molecular formula is C16H22N2S. The Morgan fingerprint density at radius 1 is 1.42 bits per heavy atom. The van der Waals surface area contributed by atoms with Crippen LogP contribution in [0.3, 0.4) is 0 Å². The highest BCUT2D eigenvalue weighted by Gasteiger charge is 2.20. The smallest absolute Gasteiger partial charge is 0.0809 e. The molecule has 102 valence electrons. The summed E-state index contributed by atoms with van der Waals surface area (Å²) in [6.45, 7) is 4.63. The van der Waals surface area contributed by atoms with Crippen molar-refractivity contribution in [1.29, 1.82) is 0 Å². The van der Waals surface area contributed by atoms with E-state index in [1.54, 1.807) is 11.3 Å². The van der Waals surface area contributed by atoms with Crippen LogP contribution in [0.15, 0.2) is 23.7 Å². The summed E-state index contributed by atoms with van der Waals surface area (Å²) < 4.78 is 1.29. The van der Waals surface area contributed by atoms with Crippen molar-refractivity contribution in [3.05, 3.63) is 29.3 Å². The predicted octanol–water partition coefficient (Wildman–Crippen LogP) is 4.53. The van der Waals surface area contributed by atoms with Crippen molar-refractivity contribution >= 4 is 21.6 Å². The van der Waals surface area contributed by atoms with Crippen LogP contribution in [0.5, 0.6) is 0 Å².